The molecule has 3 nitrogen and oxygen atoms in total. The smallest absolute Gasteiger partial charge is 0.309 e. The Labute approximate surface area is 93.6 Å². The van der Waals surface area contributed by atoms with E-state index < -0.39 is 35.5 Å². The van der Waals surface area contributed by atoms with E-state index in [4.69, 9.17) is 5.11 Å². The summed E-state index contributed by atoms with van der Waals surface area (Å²) < 4.78 is 57.5. The summed E-state index contributed by atoms with van der Waals surface area (Å²) in [6, 6.07) is 1.13. The van der Waals surface area contributed by atoms with Gasteiger partial charge in [-0.25, -0.2) is 17.6 Å². The van der Waals surface area contributed by atoms with Gasteiger partial charge < -0.3 is 9.84 Å². The number of methoxy groups -OCH3 is 1. The van der Waals surface area contributed by atoms with E-state index in [1.54, 1.807) is 0 Å². The first kappa shape index (κ1) is 13.3. The highest BCUT2D eigenvalue weighted by atomic mass is 19.3. The molecular weight excluding hydrogens is 244 g/mol. The van der Waals surface area contributed by atoms with Crippen LogP contribution in [0, 0.1) is 11.6 Å². The fourth-order valence-corrected chi connectivity index (χ4v) is 1.30. The Morgan fingerprint density at radius 3 is 2.18 bits per heavy atom. The molecule has 0 saturated heterocycles. The molecule has 0 amide bonds. The molecule has 0 unspecified atom stereocenters. The number of benzene rings is 1. The fourth-order valence-electron chi connectivity index (χ4n) is 1.30. The molecule has 0 spiro atoms. The van der Waals surface area contributed by atoms with Crippen molar-refractivity contribution in [1.29, 1.82) is 0 Å². The molecule has 0 atom stereocenters. The van der Waals surface area contributed by atoms with Crippen molar-refractivity contribution in [2.45, 2.75) is 12.3 Å². The number of hydrogen-bond donors (Lipinski definition) is 1. The second kappa shape index (κ2) is 4.60. The number of halogens is 4. The lowest BCUT2D eigenvalue weighted by Gasteiger charge is -2.16. The molecule has 0 aliphatic rings. The molecule has 0 heterocycles. The Morgan fingerprint density at radius 1 is 1.35 bits per heavy atom. The van der Waals surface area contributed by atoms with Crippen molar-refractivity contribution in [3.8, 4) is 5.75 Å². The van der Waals surface area contributed by atoms with Crippen LogP contribution in [0.25, 0.3) is 0 Å². The molecule has 0 bridgehead atoms. The van der Waals surface area contributed by atoms with Crippen molar-refractivity contribution in [2.75, 3.05) is 7.11 Å². The Kier molecular flexibility index (Phi) is 3.59. The zero-order valence-electron chi connectivity index (χ0n) is 8.64. The number of ether oxygens (including phenoxy) is 1. The van der Waals surface area contributed by atoms with Crippen molar-refractivity contribution in [3.63, 3.8) is 0 Å². The summed E-state index contributed by atoms with van der Waals surface area (Å²) >= 11 is 0. The van der Waals surface area contributed by atoms with E-state index in [1.807, 2.05) is 0 Å². The third-order valence-electron chi connectivity index (χ3n) is 1.99. The molecule has 1 aromatic rings. The maximum Gasteiger partial charge on any atom is 0.309 e. The van der Waals surface area contributed by atoms with E-state index in [2.05, 4.69) is 4.74 Å². The number of aliphatic carboxylic acids is 1. The van der Waals surface area contributed by atoms with Crippen LogP contribution in [0.4, 0.5) is 17.6 Å². The molecule has 94 valence electrons. The van der Waals surface area contributed by atoms with Crippen molar-refractivity contribution in [3.05, 3.63) is 29.3 Å². The zero-order valence-corrected chi connectivity index (χ0v) is 8.64. The summed E-state index contributed by atoms with van der Waals surface area (Å²) in [6.45, 7) is 0. The second-order valence-corrected chi connectivity index (χ2v) is 3.24. The molecule has 1 aromatic carbocycles. The highest BCUT2D eigenvalue weighted by Crippen LogP contribution is 2.36. The molecule has 0 aliphatic carbocycles. The predicted octanol–water partition coefficient (Wildman–Crippen LogP) is 2.54. The van der Waals surface area contributed by atoms with Crippen molar-refractivity contribution in [2.24, 2.45) is 0 Å². The first-order chi connectivity index (χ1) is 7.77. The number of carboxylic acid groups (broad SMARTS) is 1. The van der Waals surface area contributed by atoms with Crippen LogP contribution in [-0.2, 0) is 10.7 Å². The Hall–Kier alpha value is -1.79. The van der Waals surface area contributed by atoms with Gasteiger partial charge in [0.2, 0.25) is 0 Å². The highest BCUT2D eigenvalue weighted by molar-refractivity contribution is 5.68. The molecule has 0 saturated carbocycles. The molecular formula is C10H8F4O3. The molecule has 17 heavy (non-hydrogen) atoms. The number of alkyl halides is 2. The number of rotatable bonds is 4. The topological polar surface area (TPSA) is 46.5 Å². The van der Waals surface area contributed by atoms with Crippen LogP contribution in [-0.4, -0.2) is 18.2 Å². The van der Waals surface area contributed by atoms with Gasteiger partial charge in [-0.1, -0.05) is 0 Å². The molecule has 0 fully saturated rings. The van der Waals surface area contributed by atoms with Gasteiger partial charge in [0.1, 0.15) is 23.8 Å². The molecule has 0 aliphatic heterocycles. The quantitative estimate of drug-likeness (QED) is 0.837. The summed E-state index contributed by atoms with van der Waals surface area (Å²) in [5, 5.41) is 8.24. The highest BCUT2D eigenvalue weighted by Gasteiger charge is 2.40. The molecule has 7 heteroatoms. The summed E-state index contributed by atoms with van der Waals surface area (Å²) in [6.07, 6.45) is -1.69. The zero-order chi connectivity index (χ0) is 13.2. The van der Waals surface area contributed by atoms with Gasteiger partial charge in [-0.3, -0.25) is 4.79 Å². The van der Waals surface area contributed by atoms with Crippen LogP contribution in [0.3, 0.4) is 0 Å². The lowest BCUT2D eigenvalue weighted by Crippen LogP contribution is -2.21. The predicted molar refractivity (Wildman–Crippen MR) is 49.1 cm³/mol. The number of hydrogen-bond acceptors (Lipinski definition) is 2. The summed E-state index contributed by atoms with van der Waals surface area (Å²) in [5.74, 6) is -9.34. The maximum atomic E-state index is 13.3. The third kappa shape index (κ3) is 2.86. The van der Waals surface area contributed by atoms with Gasteiger partial charge in [0, 0.05) is 12.1 Å². The summed E-state index contributed by atoms with van der Waals surface area (Å²) in [4.78, 5) is 10.2. The number of carbonyl (C=O) groups is 1. The fraction of sp³-hybridized carbons (Fsp3) is 0.300. The van der Waals surface area contributed by atoms with Gasteiger partial charge in [0.05, 0.1) is 12.7 Å². The van der Waals surface area contributed by atoms with Crippen LogP contribution in [0.5, 0.6) is 5.75 Å². The Morgan fingerprint density at radius 2 is 1.82 bits per heavy atom. The van der Waals surface area contributed by atoms with Crippen LogP contribution in [0.15, 0.2) is 12.1 Å². The van der Waals surface area contributed by atoms with Gasteiger partial charge >= 0.3 is 5.97 Å². The van der Waals surface area contributed by atoms with E-state index in [-0.39, 0.29) is 5.75 Å². The summed E-state index contributed by atoms with van der Waals surface area (Å²) in [7, 11) is 1.11. The molecule has 0 aromatic heterocycles. The second-order valence-electron chi connectivity index (χ2n) is 3.24. The van der Waals surface area contributed by atoms with E-state index in [1.165, 1.54) is 0 Å². The lowest BCUT2D eigenvalue weighted by molar-refractivity contribution is -0.145. The average Bonchev–Trinajstić information content (AvgIpc) is 2.13. The number of carboxylic acids is 1. The van der Waals surface area contributed by atoms with Gasteiger partial charge in [-0.2, -0.15) is 0 Å². The monoisotopic (exact) mass is 252 g/mol. The van der Waals surface area contributed by atoms with Crippen LogP contribution in [0.2, 0.25) is 0 Å². The largest absolute Gasteiger partial charge is 0.497 e. The van der Waals surface area contributed by atoms with Crippen LogP contribution >= 0.6 is 0 Å². The average molecular weight is 252 g/mol. The minimum Gasteiger partial charge on any atom is -0.497 e. The van der Waals surface area contributed by atoms with Gasteiger partial charge in [0.25, 0.3) is 5.92 Å². The van der Waals surface area contributed by atoms with E-state index >= 15 is 0 Å². The van der Waals surface area contributed by atoms with Gasteiger partial charge in [-0.15, -0.1) is 0 Å². The van der Waals surface area contributed by atoms with Gasteiger partial charge in [0.15, 0.2) is 0 Å². The van der Waals surface area contributed by atoms with E-state index in [0.717, 1.165) is 7.11 Å². The van der Waals surface area contributed by atoms with Crippen molar-refractivity contribution < 1.29 is 32.2 Å². The van der Waals surface area contributed by atoms with Gasteiger partial charge in [-0.05, 0) is 0 Å². The molecule has 0 radical (unpaired) electrons. The minimum absolute atomic E-state index is 0.269. The Bertz CT molecular complexity index is 422. The normalized spacial score (nSPS) is 11.4. The molecule has 1 rings (SSSR count). The SMILES string of the molecule is COc1cc(F)c(C(F)(F)CC(=O)O)c(F)c1. The van der Waals surface area contributed by atoms with E-state index in [9.17, 15) is 22.4 Å². The van der Waals surface area contributed by atoms with Crippen molar-refractivity contribution >= 4 is 5.97 Å². The third-order valence-corrected chi connectivity index (χ3v) is 1.99. The van der Waals surface area contributed by atoms with Crippen LogP contribution in [0.1, 0.15) is 12.0 Å². The minimum atomic E-state index is -4.12. The molecule has 1 N–H and O–H groups in total. The first-order valence-electron chi connectivity index (χ1n) is 4.41. The standard InChI is InChI=1S/C10H8F4O3/c1-17-5-2-6(11)9(7(12)3-5)10(13,14)4-8(15)16/h2-3H,4H2,1H3,(H,15,16). The lowest BCUT2D eigenvalue weighted by atomic mass is 10.0. The first-order valence-corrected chi connectivity index (χ1v) is 4.41. The Balaban J connectivity index is 3.26. The van der Waals surface area contributed by atoms with Crippen LogP contribution < -0.4 is 4.74 Å². The van der Waals surface area contributed by atoms with Crippen molar-refractivity contribution in [1.82, 2.24) is 0 Å². The summed E-state index contributed by atoms with van der Waals surface area (Å²) in [5.41, 5.74) is -1.57. The van der Waals surface area contributed by atoms with E-state index in [0.29, 0.717) is 12.1 Å². The maximum absolute atomic E-state index is 13.3.